The Morgan fingerprint density at radius 3 is 1.21 bits per heavy atom. The molecule has 3 atom stereocenters. The number of phosphoric ester groups is 1. The number of phosphoric acid groups is 1. The van der Waals surface area contributed by atoms with Gasteiger partial charge in [0.2, 0.25) is 0 Å². The van der Waals surface area contributed by atoms with E-state index in [1.54, 1.807) is 0 Å². The van der Waals surface area contributed by atoms with Gasteiger partial charge in [0.05, 0.1) is 19.8 Å². The summed E-state index contributed by atoms with van der Waals surface area (Å²) in [4.78, 5) is 48.3. The lowest BCUT2D eigenvalue weighted by atomic mass is 10.1. The Balaban J connectivity index is 4.83. The van der Waals surface area contributed by atoms with Gasteiger partial charge in [-0.1, -0.05) is 169 Å². The van der Waals surface area contributed by atoms with Crippen LogP contribution >= 0.6 is 7.82 Å². The van der Waals surface area contributed by atoms with Gasteiger partial charge in [-0.3, -0.25) is 23.4 Å². The molecule has 0 aromatic rings. The number of aliphatic hydroxyl groups is 1. The molecule has 0 saturated carbocycles. The number of ether oxygens (including phenoxy) is 3. The first-order valence-corrected chi connectivity index (χ1v) is 27.6. The zero-order valence-corrected chi connectivity index (χ0v) is 43.4. The fourth-order valence-electron chi connectivity index (χ4n) is 6.52. The average molecular weight is 973 g/mol. The molecule has 0 heterocycles. The van der Waals surface area contributed by atoms with Crippen LogP contribution in [-0.4, -0.2) is 66.5 Å². The molecule has 11 nitrogen and oxygen atoms in total. The van der Waals surface area contributed by atoms with E-state index in [-0.39, 0.29) is 25.9 Å². The molecule has 0 aromatic heterocycles. The summed E-state index contributed by atoms with van der Waals surface area (Å²) in [6.45, 7) is 4.27. The van der Waals surface area contributed by atoms with Crippen molar-refractivity contribution in [2.24, 2.45) is 0 Å². The largest absolute Gasteiger partial charge is 0.472 e. The van der Waals surface area contributed by atoms with Crippen LogP contribution in [-0.2, 0) is 42.2 Å². The molecule has 0 radical (unpaired) electrons. The summed E-state index contributed by atoms with van der Waals surface area (Å²) in [6, 6.07) is 0. The maximum Gasteiger partial charge on any atom is 0.472 e. The third-order valence-corrected chi connectivity index (χ3v) is 11.4. The monoisotopic (exact) mass is 973 g/mol. The van der Waals surface area contributed by atoms with E-state index in [2.05, 4.69) is 118 Å². The first-order valence-electron chi connectivity index (χ1n) is 26.1. The molecule has 0 aliphatic heterocycles. The molecule has 12 heteroatoms. The maximum atomic E-state index is 12.8. The third-order valence-electron chi connectivity index (χ3n) is 10.5. The summed E-state index contributed by atoms with van der Waals surface area (Å²) in [7, 11) is -4.76. The molecule has 0 rings (SSSR count). The highest BCUT2D eigenvalue weighted by molar-refractivity contribution is 7.47. The van der Waals surface area contributed by atoms with Crippen molar-refractivity contribution in [2.75, 3.05) is 26.4 Å². The van der Waals surface area contributed by atoms with Crippen LogP contribution in [0, 0.1) is 0 Å². The van der Waals surface area contributed by atoms with Gasteiger partial charge in [0, 0.05) is 19.3 Å². The average Bonchev–Trinajstić information content (AvgIpc) is 3.32. The van der Waals surface area contributed by atoms with Crippen molar-refractivity contribution >= 4 is 25.7 Å². The molecule has 0 saturated heterocycles. The first kappa shape index (κ1) is 64.4. The predicted molar refractivity (Wildman–Crippen MR) is 279 cm³/mol. The number of esters is 3. The van der Waals surface area contributed by atoms with Gasteiger partial charge in [0.15, 0.2) is 6.10 Å². The number of carbonyl (C=O) groups excluding carboxylic acids is 3. The Kier molecular flexibility index (Phi) is 47.2. The molecule has 0 bridgehead atoms. The van der Waals surface area contributed by atoms with E-state index in [4.69, 9.17) is 23.3 Å². The van der Waals surface area contributed by atoms with Gasteiger partial charge < -0.3 is 24.2 Å². The SMILES string of the molecule is CC/C=C\C/C=C\C/C=C\C/C=C\CCCCCCC(=O)OCC(COP(=O)(O)OCC(CO)OC(=O)CCCCCCC/C=C\CCCC)OC(=O)CCCCC/C=C\C/C=C\C/C=C\CC. The van der Waals surface area contributed by atoms with Gasteiger partial charge in [-0.15, -0.1) is 0 Å². The van der Waals surface area contributed by atoms with Gasteiger partial charge in [-0.05, 0) is 109 Å². The summed E-state index contributed by atoms with van der Waals surface area (Å²) in [5.41, 5.74) is 0. The van der Waals surface area contributed by atoms with Crippen molar-refractivity contribution in [2.45, 2.75) is 213 Å². The number of hydrogen-bond donors (Lipinski definition) is 2. The second-order valence-electron chi connectivity index (χ2n) is 16.9. The fraction of sp³-hybridized carbons (Fsp3) is 0.661. The topological polar surface area (TPSA) is 155 Å². The number of aliphatic hydroxyl groups excluding tert-OH is 1. The second-order valence-corrected chi connectivity index (χ2v) is 18.4. The van der Waals surface area contributed by atoms with E-state index in [0.29, 0.717) is 19.3 Å². The van der Waals surface area contributed by atoms with E-state index >= 15 is 0 Å². The highest BCUT2D eigenvalue weighted by atomic mass is 31.2. The summed E-state index contributed by atoms with van der Waals surface area (Å²) in [5.74, 6) is -1.55. The summed E-state index contributed by atoms with van der Waals surface area (Å²) >= 11 is 0. The minimum Gasteiger partial charge on any atom is -0.462 e. The molecular formula is C56H93O11P. The van der Waals surface area contributed by atoms with E-state index < -0.39 is 57.8 Å². The van der Waals surface area contributed by atoms with Gasteiger partial charge in [-0.2, -0.15) is 0 Å². The Morgan fingerprint density at radius 2 is 0.765 bits per heavy atom. The predicted octanol–water partition coefficient (Wildman–Crippen LogP) is 14.9. The lowest BCUT2D eigenvalue weighted by molar-refractivity contribution is -0.161. The minimum atomic E-state index is -4.76. The van der Waals surface area contributed by atoms with Crippen LogP contribution < -0.4 is 0 Å². The van der Waals surface area contributed by atoms with E-state index in [1.165, 1.54) is 12.8 Å². The van der Waals surface area contributed by atoms with Crippen molar-refractivity contribution < 1.29 is 52.2 Å². The van der Waals surface area contributed by atoms with Crippen LogP contribution in [0.2, 0.25) is 0 Å². The molecular weight excluding hydrogens is 880 g/mol. The smallest absolute Gasteiger partial charge is 0.462 e. The van der Waals surface area contributed by atoms with Crippen LogP contribution in [0.25, 0.3) is 0 Å². The van der Waals surface area contributed by atoms with Crippen molar-refractivity contribution in [1.29, 1.82) is 0 Å². The molecule has 0 aromatic carbocycles. The van der Waals surface area contributed by atoms with Gasteiger partial charge in [-0.25, -0.2) is 4.57 Å². The van der Waals surface area contributed by atoms with Gasteiger partial charge >= 0.3 is 25.7 Å². The van der Waals surface area contributed by atoms with Crippen LogP contribution in [0.5, 0.6) is 0 Å². The molecule has 3 unspecified atom stereocenters. The highest BCUT2D eigenvalue weighted by Gasteiger charge is 2.28. The van der Waals surface area contributed by atoms with E-state index in [1.807, 2.05) is 0 Å². The lowest BCUT2D eigenvalue weighted by Crippen LogP contribution is -2.30. The summed E-state index contributed by atoms with van der Waals surface area (Å²) in [6.07, 6.45) is 56.7. The normalized spacial score (nSPS) is 14.2. The Hall–Kier alpha value is -3.60. The van der Waals surface area contributed by atoms with E-state index in [0.717, 1.165) is 128 Å². The molecule has 0 spiro atoms. The maximum absolute atomic E-state index is 12.8. The Bertz CT molecular complexity index is 1510. The van der Waals surface area contributed by atoms with Crippen LogP contribution in [0.4, 0.5) is 0 Å². The number of allylic oxidation sites excluding steroid dienone is 16. The minimum absolute atomic E-state index is 0.122. The summed E-state index contributed by atoms with van der Waals surface area (Å²) in [5, 5.41) is 9.76. The molecule has 2 N–H and O–H groups in total. The summed E-state index contributed by atoms with van der Waals surface area (Å²) < 4.78 is 39.3. The van der Waals surface area contributed by atoms with Crippen molar-refractivity contribution in [3.63, 3.8) is 0 Å². The number of hydrogen-bond acceptors (Lipinski definition) is 10. The number of unbranched alkanes of at least 4 members (excludes halogenated alkanes) is 14. The Labute approximate surface area is 412 Å². The molecule has 0 aliphatic carbocycles. The highest BCUT2D eigenvalue weighted by Crippen LogP contribution is 2.43. The fourth-order valence-corrected chi connectivity index (χ4v) is 7.30. The van der Waals surface area contributed by atoms with Gasteiger partial charge in [0.1, 0.15) is 12.7 Å². The molecule has 68 heavy (non-hydrogen) atoms. The van der Waals surface area contributed by atoms with Crippen molar-refractivity contribution in [1.82, 2.24) is 0 Å². The van der Waals surface area contributed by atoms with Crippen LogP contribution in [0.1, 0.15) is 201 Å². The second kappa shape index (κ2) is 49.8. The molecule has 0 aliphatic rings. The van der Waals surface area contributed by atoms with Crippen molar-refractivity contribution in [3.8, 4) is 0 Å². The first-order chi connectivity index (χ1) is 33.2. The number of carbonyl (C=O) groups is 3. The quantitative estimate of drug-likeness (QED) is 0.0197. The molecule has 0 amide bonds. The zero-order chi connectivity index (χ0) is 49.9. The Morgan fingerprint density at radius 1 is 0.426 bits per heavy atom. The van der Waals surface area contributed by atoms with Crippen molar-refractivity contribution in [3.05, 3.63) is 97.2 Å². The third kappa shape index (κ3) is 47.5. The standard InChI is InChI=1S/C56H93O11P/c1-4-7-10-13-16-19-22-24-25-26-27-29-31-33-36-39-42-45-54(58)63-49-53(67-56(60)47-44-41-38-35-32-28-23-20-17-14-11-8-5-2)51-65-68(61,62)64-50-52(48-57)66-55(59)46-43-40-37-34-30-21-18-15-12-9-6-3/h7-8,10-11,15-20,24-25,27-29,32,52-53,57H,4-6,9,12-14,21-23,26,30-31,33-51H2,1-3H3,(H,61,62)/b10-7-,11-8-,18-15-,19-16-,20-17-,25-24-,29-27-,32-28-. The number of rotatable bonds is 47. The van der Waals surface area contributed by atoms with Gasteiger partial charge in [0.25, 0.3) is 0 Å². The molecule has 388 valence electrons. The van der Waals surface area contributed by atoms with Crippen LogP contribution in [0.15, 0.2) is 97.2 Å². The lowest BCUT2D eigenvalue weighted by Gasteiger charge is -2.21. The molecule has 0 fully saturated rings. The van der Waals surface area contributed by atoms with E-state index in [9.17, 15) is 28.9 Å². The van der Waals surface area contributed by atoms with Crippen LogP contribution in [0.3, 0.4) is 0 Å². The zero-order valence-electron chi connectivity index (χ0n) is 42.5.